The van der Waals surface area contributed by atoms with Gasteiger partial charge in [-0.1, -0.05) is 22.9 Å². The summed E-state index contributed by atoms with van der Waals surface area (Å²) < 4.78 is 0.957. The molecule has 1 rings (SSSR count). The van der Waals surface area contributed by atoms with Gasteiger partial charge >= 0.3 is 5.97 Å². The van der Waals surface area contributed by atoms with Crippen LogP contribution in [0.2, 0.25) is 0 Å². The van der Waals surface area contributed by atoms with E-state index >= 15 is 0 Å². The Kier molecular flexibility index (Phi) is 4.01. The molecule has 0 heterocycles. The van der Waals surface area contributed by atoms with Crippen LogP contribution >= 0.6 is 27.7 Å². The van der Waals surface area contributed by atoms with Gasteiger partial charge in [-0.2, -0.15) is 0 Å². The van der Waals surface area contributed by atoms with E-state index in [9.17, 15) is 4.79 Å². The fraction of sp³-hybridized carbons (Fsp3) is 0.300. The summed E-state index contributed by atoms with van der Waals surface area (Å²) in [6.45, 7) is 3.94. The molecule has 0 aromatic heterocycles. The minimum absolute atomic E-state index is 0.387. The summed E-state index contributed by atoms with van der Waals surface area (Å²) in [7, 11) is 0. The first kappa shape index (κ1) is 11.6. The average Bonchev–Trinajstić information content (AvgIpc) is 2.13. The van der Waals surface area contributed by atoms with Gasteiger partial charge in [0.1, 0.15) is 0 Å². The summed E-state index contributed by atoms with van der Waals surface area (Å²) >= 11 is 4.95. The van der Waals surface area contributed by atoms with Gasteiger partial charge in [-0.15, -0.1) is 11.8 Å². The number of rotatable bonds is 3. The molecule has 14 heavy (non-hydrogen) atoms. The molecule has 0 saturated carbocycles. The van der Waals surface area contributed by atoms with E-state index in [0.717, 1.165) is 20.7 Å². The second-order valence-corrected chi connectivity index (χ2v) is 4.92. The molecule has 1 N–H and O–H groups in total. The van der Waals surface area contributed by atoms with Crippen molar-refractivity contribution in [1.82, 2.24) is 0 Å². The summed E-state index contributed by atoms with van der Waals surface area (Å²) in [5.74, 6) is 0.00829. The third kappa shape index (κ3) is 2.30. The van der Waals surface area contributed by atoms with Crippen LogP contribution in [0.15, 0.2) is 21.5 Å². The van der Waals surface area contributed by atoms with Crippen LogP contribution in [-0.2, 0) is 0 Å². The van der Waals surface area contributed by atoms with Crippen LogP contribution < -0.4 is 0 Å². The maximum absolute atomic E-state index is 10.9. The molecule has 0 saturated heterocycles. The van der Waals surface area contributed by atoms with Crippen LogP contribution in [0.1, 0.15) is 22.8 Å². The van der Waals surface area contributed by atoms with Crippen molar-refractivity contribution >= 4 is 33.7 Å². The Morgan fingerprint density at radius 2 is 2.21 bits per heavy atom. The summed E-state index contributed by atoms with van der Waals surface area (Å²) in [6.07, 6.45) is 0. The molecule has 0 atom stereocenters. The van der Waals surface area contributed by atoms with Crippen molar-refractivity contribution < 1.29 is 9.90 Å². The van der Waals surface area contributed by atoms with E-state index < -0.39 is 5.97 Å². The molecule has 4 heteroatoms. The Labute approximate surface area is 95.8 Å². The molecule has 0 aliphatic rings. The van der Waals surface area contributed by atoms with E-state index in [1.165, 1.54) is 0 Å². The summed E-state index contributed by atoms with van der Waals surface area (Å²) in [6, 6.07) is 3.41. The molecule has 0 aliphatic heterocycles. The van der Waals surface area contributed by atoms with Crippen LogP contribution in [-0.4, -0.2) is 16.8 Å². The van der Waals surface area contributed by atoms with Gasteiger partial charge in [0.25, 0.3) is 0 Å². The number of carbonyl (C=O) groups is 1. The van der Waals surface area contributed by atoms with Crippen molar-refractivity contribution in [1.29, 1.82) is 0 Å². The first-order valence-electron chi connectivity index (χ1n) is 4.23. The third-order valence-corrected chi connectivity index (χ3v) is 3.82. The van der Waals surface area contributed by atoms with Gasteiger partial charge in [0, 0.05) is 9.37 Å². The lowest BCUT2D eigenvalue weighted by atomic mass is 10.1. The zero-order valence-electron chi connectivity index (χ0n) is 8.00. The molecule has 1 aromatic rings. The normalized spacial score (nSPS) is 10.2. The largest absolute Gasteiger partial charge is 0.478 e. The number of aromatic carboxylic acids is 1. The second kappa shape index (κ2) is 4.84. The highest BCUT2D eigenvalue weighted by Crippen LogP contribution is 2.31. The molecule has 0 unspecified atom stereocenters. The lowest BCUT2D eigenvalue weighted by Crippen LogP contribution is -2.01. The molecular formula is C10H11BrO2S. The molecule has 0 amide bonds. The standard InChI is InChI=1S/C10H11BrO2S/c1-3-14-9-6(2)8(11)5-4-7(9)10(12)13/h4-5H,3H2,1-2H3,(H,12,13). The van der Waals surface area contributed by atoms with Gasteiger partial charge in [-0.05, 0) is 30.4 Å². The van der Waals surface area contributed by atoms with Gasteiger partial charge in [-0.3, -0.25) is 0 Å². The summed E-state index contributed by atoms with van der Waals surface area (Å²) in [4.78, 5) is 11.8. The average molecular weight is 275 g/mol. The van der Waals surface area contributed by atoms with Crippen molar-refractivity contribution in [3.8, 4) is 0 Å². The van der Waals surface area contributed by atoms with Crippen LogP contribution in [0, 0.1) is 6.92 Å². The van der Waals surface area contributed by atoms with E-state index in [-0.39, 0.29) is 0 Å². The van der Waals surface area contributed by atoms with Crippen LogP contribution in [0.3, 0.4) is 0 Å². The molecule has 0 fully saturated rings. The molecule has 0 aliphatic carbocycles. The molecule has 0 radical (unpaired) electrons. The predicted octanol–water partition coefficient (Wildman–Crippen LogP) is 3.57. The van der Waals surface area contributed by atoms with Gasteiger partial charge in [-0.25, -0.2) is 4.79 Å². The van der Waals surface area contributed by atoms with Crippen molar-refractivity contribution in [2.45, 2.75) is 18.7 Å². The van der Waals surface area contributed by atoms with Crippen LogP contribution in [0.5, 0.6) is 0 Å². The number of carboxylic acids is 1. The third-order valence-electron chi connectivity index (χ3n) is 1.86. The highest BCUT2D eigenvalue weighted by Gasteiger charge is 2.13. The zero-order valence-corrected chi connectivity index (χ0v) is 10.4. The van der Waals surface area contributed by atoms with E-state index in [4.69, 9.17) is 5.11 Å². The Morgan fingerprint density at radius 3 is 2.71 bits per heavy atom. The Hall–Kier alpha value is -0.480. The minimum atomic E-state index is -0.864. The highest BCUT2D eigenvalue weighted by molar-refractivity contribution is 9.10. The van der Waals surface area contributed by atoms with E-state index in [1.807, 2.05) is 13.8 Å². The molecule has 2 nitrogen and oxygen atoms in total. The Balaban J connectivity index is 3.29. The smallest absolute Gasteiger partial charge is 0.336 e. The number of hydrogen-bond donors (Lipinski definition) is 1. The first-order chi connectivity index (χ1) is 6.57. The number of thioether (sulfide) groups is 1. The topological polar surface area (TPSA) is 37.3 Å². The molecule has 1 aromatic carbocycles. The second-order valence-electron chi connectivity index (χ2n) is 2.79. The lowest BCUT2D eigenvalue weighted by Gasteiger charge is -2.09. The van der Waals surface area contributed by atoms with Gasteiger partial charge < -0.3 is 5.11 Å². The summed E-state index contributed by atoms with van der Waals surface area (Å²) in [5.41, 5.74) is 1.38. The number of halogens is 1. The predicted molar refractivity (Wildman–Crippen MR) is 62.2 cm³/mol. The highest BCUT2D eigenvalue weighted by atomic mass is 79.9. The fourth-order valence-corrected chi connectivity index (χ4v) is 2.55. The van der Waals surface area contributed by atoms with E-state index in [1.54, 1.807) is 23.9 Å². The van der Waals surface area contributed by atoms with Crippen molar-refractivity contribution in [2.75, 3.05) is 5.75 Å². The van der Waals surface area contributed by atoms with Gasteiger partial charge in [0.15, 0.2) is 0 Å². The number of carboxylic acid groups (broad SMARTS) is 1. The maximum Gasteiger partial charge on any atom is 0.336 e. The van der Waals surface area contributed by atoms with Crippen LogP contribution in [0.25, 0.3) is 0 Å². The maximum atomic E-state index is 10.9. The van der Waals surface area contributed by atoms with Crippen molar-refractivity contribution in [3.63, 3.8) is 0 Å². The molecule has 0 spiro atoms. The van der Waals surface area contributed by atoms with E-state index in [0.29, 0.717) is 5.56 Å². The number of hydrogen-bond acceptors (Lipinski definition) is 2. The Bertz CT molecular complexity index is 363. The Morgan fingerprint density at radius 1 is 1.57 bits per heavy atom. The van der Waals surface area contributed by atoms with Gasteiger partial charge in [0.05, 0.1) is 5.56 Å². The zero-order chi connectivity index (χ0) is 10.7. The van der Waals surface area contributed by atoms with E-state index in [2.05, 4.69) is 15.9 Å². The van der Waals surface area contributed by atoms with Crippen molar-refractivity contribution in [2.24, 2.45) is 0 Å². The quantitative estimate of drug-likeness (QED) is 0.857. The SMILES string of the molecule is CCSc1c(C(=O)O)ccc(Br)c1C. The number of benzene rings is 1. The molecular weight excluding hydrogens is 264 g/mol. The minimum Gasteiger partial charge on any atom is -0.478 e. The van der Waals surface area contributed by atoms with Gasteiger partial charge in [0.2, 0.25) is 0 Å². The van der Waals surface area contributed by atoms with Crippen LogP contribution in [0.4, 0.5) is 0 Å². The van der Waals surface area contributed by atoms with Crippen molar-refractivity contribution in [3.05, 3.63) is 27.7 Å². The summed E-state index contributed by atoms with van der Waals surface area (Å²) in [5, 5.41) is 8.98. The molecule has 0 bridgehead atoms. The lowest BCUT2D eigenvalue weighted by molar-refractivity contribution is 0.0693. The monoisotopic (exact) mass is 274 g/mol. The first-order valence-corrected chi connectivity index (χ1v) is 6.01. The fourth-order valence-electron chi connectivity index (χ4n) is 1.17. The molecule has 76 valence electrons.